The van der Waals surface area contributed by atoms with Crippen LogP contribution in [0.25, 0.3) is 0 Å². The quantitative estimate of drug-likeness (QED) is 0.254. The molecule has 0 bridgehead atoms. The number of thioether (sulfide) groups is 1. The van der Waals surface area contributed by atoms with E-state index in [1.807, 2.05) is 36.4 Å². The first-order valence-corrected chi connectivity index (χ1v) is 10.2. The Labute approximate surface area is 165 Å². The van der Waals surface area contributed by atoms with Crippen molar-refractivity contribution in [2.45, 2.75) is 38.0 Å². The summed E-state index contributed by atoms with van der Waals surface area (Å²) in [6.07, 6.45) is 7.02. The Morgan fingerprint density at radius 3 is 2.44 bits per heavy atom. The van der Waals surface area contributed by atoms with Gasteiger partial charge in [-0.1, -0.05) is 74.4 Å². The molecule has 0 saturated heterocycles. The predicted octanol–water partition coefficient (Wildman–Crippen LogP) is 5.52. The lowest BCUT2D eigenvalue weighted by Crippen LogP contribution is -2.08. The normalized spacial score (nSPS) is 12.9. The average Bonchev–Trinajstić information content (AvgIpc) is 2.70. The number of para-hydroxylation sites is 1. The maximum Gasteiger partial charge on any atom is 0.336 e. The van der Waals surface area contributed by atoms with Crippen molar-refractivity contribution in [2.75, 3.05) is 0 Å². The molecule has 27 heavy (non-hydrogen) atoms. The first-order chi connectivity index (χ1) is 13.2. The van der Waals surface area contributed by atoms with Crippen LogP contribution in [0.15, 0.2) is 83.8 Å². The number of hydrogen-bond donors (Lipinski definition) is 1. The van der Waals surface area contributed by atoms with Crippen molar-refractivity contribution in [2.24, 2.45) is 0 Å². The van der Waals surface area contributed by atoms with E-state index in [1.165, 1.54) is 11.6 Å². The number of allylic oxidation sites excluding steroid dienone is 2. The molecule has 1 N–H and O–H groups in total. The number of ether oxygens (including phenoxy) is 1. The van der Waals surface area contributed by atoms with Gasteiger partial charge in [0.1, 0.15) is 5.75 Å². The molecule has 0 unspecified atom stereocenters. The summed E-state index contributed by atoms with van der Waals surface area (Å²) in [5, 5.41) is 10.5. The van der Waals surface area contributed by atoms with Crippen molar-refractivity contribution < 1.29 is 14.6 Å². The molecule has 0 fully saturated rings. The van der Waals surface area contributed by atoms with Crippen LogP contribution in [0.3, 0.4) is 0 Å². The summed E-state index contributed by atoms with van der Waals surface area (Å²) in [7, 11) is 0. The average molecular weight is 383 g/mol. The fraction of sp³-hybridized carbons (Fsp3) is 0.261. The van der Waals surface area contributed by atoms with Gasteiger partial charge < -0.3 is 9.84 Å². The zero-order chi connectivity index (χ0) is 19.3. The Hall–Kier alpha value is -2.30. The number of esters is 1. The number of aliphatic hydroxyl groups is 1. The van der Waals surface area contributed by atoms with Crippen LogP contribution < -0.4 is 4.74 Å². The van der Waals surface area contributed by atoms with E-state index in [4.69, 9.17) is 4.74 Å². The lowest BCUT2D eigenvalue weighted by molar-refractivity contribution is -0.128. The molecule has 0 aromatic heterocycles. The number of benzene rings is 2. The van der Waals surface area contributed by atoms with Gasteiger partial charge >= 0.3 is 5.97 Å². The molecule has 4 heteroatoms. The van der Waals surface area contributed by atoms with Crippen molar-refractivity contribution in [1.29, 1.82) is 0 Å². The van der Waals surface area contributed by atoms with E-state index in [0.717, 1.165) is 23.5 Å². The molecule has 0 aliphatic heterocycles. The van der Waals surface area contributed by atoms with Crippen molar-refractivity contribution in [1.82, 2.24) is 0 Å². The molecule has 2 aromatic rings. The van der Waals surface area contributed by atoms with Crippen LogP contribution in [0.4, 0.5) is 0 Å². The molecule has 3 nitrogen and oxygen atoms in total. The summed E-state index contributed by atoms with van der Waals surface area (Å²) in [5.41, 5.74) is 1.20. The minimum atomic E-state index is -0.520. The summed E-state index contributed by atoms with van der Waals surface area (Å²) in [4.78, 5) is 12.8. The lowest BCUT2D eigenvalue weighted by Gasteiger charge is -2.14. The van der Waals surface area contributed by atoms with E-state index in [0.29, 0.717) is 12.2 Å². The van der Waals surface area contributed by atoms with Gasteiger partial charge in [0.15, 0.2) is 0 Å². The van der Waals surface area contributed by atoms with E-state index in [-0.39, 0.29) is 0 Å². The zero-order valence-corrected chi connectivity index (χ0v) is 16.4. The molecule has 2 rings (SSSR count). The molecule has 2 aromatic carbocycles. The zero-order valence-electron chi connectivity index (χ0n) is 15.6. The van der Waals surface area contributed by atoms with Crippen LogP contribution in [-0.2, 0) is 10.5 Å². The van der Waals surface area contributed by atoms with E-state index >= 15 is 0 Å². The number of unbranched alkanes of at least 4 members (excludes halogenated alkanes) is 1. The van der Waals surface area contributed by atoms with E-state index in [2.05, 4.69) is 19.1 Å². The molecule has 142 valence electrons. The number of carbonyl (C=O) groups excluding carboxylic acids is 1. The third-order valence-corrected chi connectivity index (χ3v) is 5.08. The summed E-state index contributed by atoms with van der Waals surface area (Å²) in [5.74, 6) is 0.851. The third-order valence-electron chi connectivity index (χ3n) is 3.86. The molecule has 0 spiro atoms. The Morgan fingerprint density at radius 1 is 1.11 bits per heavy atom. The summed E-state index contributed by atoms with van der Waals surface area (Å²) < 4.78 is 5.23. The van der Waals surface area contributed by atoms with Gasteiger partial charge in [-0.25, -0.2) is 4.79 Å². The number of hydrogen-bond acceptors (Lipinski definition) is 4. The van der Waals surface area contributed by atoms with Gasteiger partial charge in [-0.3, -0.25) is 0 Å². The summed E-state index contributed by atoms with van der Waals surface area (Å²) in [6, 6.07) is 19.1. The molecular weight excluding hydrogens is 356 g/mol. The first-order valence-electron chi connectivity index (χ1n) is 9.19. The highest BCUT2D eigenvalue weighted by Gasteiger charge is 2.11. The van der Waals surface area contributed by atoms with E-state index in [1.54, 1.807) is 36.0 Å². The van der Waals surface area contributed by atoms with Gasteiger partial charge in [0.2, 0.25) is 0 Å². The van der Waals surface area contributed by atoms with E-state index in [9.17, 15) is 9.90 Å². The molecule has 0 aliphatic rings. The van der Waals surface area contributed by atoms with Crippen LogP contribution in [0, 0.1) is 0 Å². The predicted molar refractivity (Wildman–Crippen MR) is 113 cm³/mol. The van der Waals surface area contributed by atoms with Crippen LogP contribution in [-0.4, -0.2) is 17.2 Å². The Bertz CT molecular complexity index is 739. The molecule has 0 heterocycles. The maximum atomic E-state index is 11.9. The number of carbonyl (C=O) groups is 1. The van der Waals surface area contributed by atoms with Crippen LogP contribution in [0.2, 0.25) is 0 Å². The van der Waals surface area contributed by atoms with Gasteiger partial charge in [0.25, 0.3) is 0 Å². The van der Waals surface area contributed by atoms with Gasteiger partial charge in [-0.15, -0.1) is 11.8 Å². The molecule has 0 amide bonds. The van der Waals surface area contributed by atoms with Crippen LogP contribution in [0.1, 0.15) is 31.7 Å². The molecule has 1 atom stereocenters. The molecular formula is C23H26O3S. The minimum Gasteiger partial charge on any atom is -0.423 e. The Kier molecular flexibility index (Phi) is 9.45. The highest BCUT2D eigenvalue weighted by atomic mass is 32.2. The SMILES string of the molecule is CCCC[C@H](O)C(=CC=CC(=O)Oc1ccccc1)SCc1ccccc1. The van der Waals surface area contributed by atoms with Gasteiger partial charge in [0, 0.05) is 16.7 Å². The van der Waals surface area contributed by atoms with Crippen molar-refractivity contribution >= 4 is 17.7 Å². The maximum absolute atomic E-state index is 11.9. The van der Waals surface area contributed by atoms with Crippen molar-refractivity contribution in [3.05, 3.63) is 89.4 Å². The van der Waals surface area contributed by atoms with Gasteiger partial charge in [-0.05, 0) is 30.2 Å². The highest BCUT2D eigenvalue weighted by Crippen LogP contribution is 2.26. The van der Waals surface area contributed by atoms with Gasteiger partial charge in [0.05, 0.1) is 6.10 Å². The summed E-state index contributed by atoms with van der Waals surface area (Å²) >= 11 is 1.60. The standard InChI is InChI=1S/C23H26O3S/c1-2-3-15-21(24)22(27-18-19-11-6-4-7-12-19)16-10-17-23(25)26-20-13-8-5-9-14-20/h4-14,16-17,21,24H,2-3,15,18H2,1H3/t21-/m0/s1. The monoisotopic (exact) mass is 382 g/mol. The first kappa shape index (κ1) is 21.0. The minimum absolute atomic E-state index is 0.437. The fourth-order valence-electron chi connectivity index (χ4n) is 2.40. The Balaban J connectivity index is 1.98. The third kappa shape index (κ3) is 8.29. The van der Waals surface area contributed by atoms with Crippen molar-refractivity contribution in [3.8, 4) is 5.75 Å². The van der Waals surface area contributed by atoms with E-state index < -0.39 is 12.1 Å². The molecule has 0 radical (unpaired) electrons. The topological polar surface area (TPSA) is 46.5 Å². The summed E-state index contributed by atoms with van der Waals surface area (Å²) in [6.45, 7) is 2.10. The Morgan fingerprint density at radius 2 is 1.78 bits per heavy atom. The highest BCUT2D eigenvalue weighted by molar-refractivity contribution is 8.02. The number of rotatable bonds is 10. The number of aliphatic hydroxyl groups excluding tert-OH is 1. The fourth-order valence-corrected chi connectivity index (χ4v) is 3.41. The second-order valence-electron chi connectivity index (χ2n) is 6.09. The smallest absolute Gasteiger partial charge is 0.336 e. The van der Waals surface area contributed by atoms with Crippen LogP contribution in [0.5, 0.6) is 5.75 Å². The molecule has 0 aliphatic carbocycles. The largest absolute Gasteiger partial charge is 0.423 e. The second kappa shape index (κ2) is 12.2. The van der Waals surface area contributed by atoms with Crippen LogP contribution >= 0.6 is 11.8 Å². The lowest BCUT2D eigenvalue weighted by atomic mass is 10.1. The van der Waals surface area contributed by atoms with Crippen molar-refractivity contribution in [3.63, 3.8) is 0 Å². The second-order valence-corrected chi connectivity index (χ2v) is 7.14. The van der Waals surface area contributed by atoms with Gasteiger partial charge in [-0.2, -0.15) is 0 Å². The molecule has 0 saturated carbocycles.